The van der Waals surface area contributed by atoms with Gasteiger partial charge in [0, 0.05) is 18.2 Å². The minimum atomic E-state index is -1.24. The zero-order chi connectivity index (χ0) is 16.0. The number of carboxylic acids is 1. The molecule has 3 N–H and O–H groups in total. The highest BCUT2D eigenvalue weighted by atomic mass is 35.5. The van der Waals surface area contributed by atoms with Gasteiger partial charge >= 0.3 is 12.0 Å². The summed E-state index contributed by atoms with van der Waals surface area (Å²) >= 11 is 11.7. The quantitative estimate of drug-likeness (QED) is 0.745. The molecular formula is C13H16Cl2N2O4. The molecule has 8 heteroatoms. The molecule has 1 aromatic rings. The van der Waals surface area contributed by atoms with E-state index in [1.165, 1.54) is 12.1 Å². The average molecular weight is 335 g/mol. The van der Waals surface area contributed by atoms with E-state index in [-0.39, 0.29) is 33.9 Å². The van der Waals surface area contributed by atoms with Crippen molar-refractivity contribution in [2.24, 2.45) is 0 Å². The Morgan fingerprint density at radius 3 is 2.62 bits per heavy atom. The normalized spacial score (nSPS) is 11.8. The molecule has 0 heterocycles. The van der Waals surface area contributed by atoms with E-state index < -0.39 is 12.0 Å². The zero-order valence-corrected chi connectivity index (χ0v) is 13.1. The predicted molar refractivity (Wildman–Crippen MR) is 81.5 cm³/mol. The van der Waals surface area contributed by atoms with Crippen molar-refractivity contribution < 1.29 is 19.4 Å². The number of aromatic carboxylic acids is 1. The summed E-state index contributed by atoms with van der Waals surface area (Å²) in [5.74, 6) is -1.24. The van der Waals surface area contributed by atoms with E-state index >= 15 is 0 Å². The van der Waals surface area contributed by atoms with Gasteiger partial charge in [0.05, 0.1) is 22.4 Å². The van der Waals surface area contributed by atoms with E-state index in [1.807, 2.05) is 13.8 Å². The Morgan fingerprint density at radius 1 is 1.38 bits per heavy atom. The number of hydrogen-bond donors (Lipinski definition) is 3. The van der Waals surface area contributed by atoms with Crippen LogP contribution in [0.3, 0.4) is 0 Å². The minimum absolute atomic E-state index is 0.00451. The Morgan fingerprint density at radius 2 is 2.05 bits per heavy atom. The van der Waals surface area contributed by atoms with Crippen LogP contribution in [0.5, 0.6) is 0 Å². The van der Waals surface area contributed by atoms with E-state index in [0.29, 0.717) is 6.61 Å². The second kappa shape index (κ2) is 8.07. The third-order valence-corrected chi connectivity index (χ3v) is 3.04. The van der Waals surface area contributed by atoms with Crippen LogP contribution in [0.25, 0.3) is 0 Å². The molecule has 0 saturated carbocycles. The van der Waals surface area contributed by atoms with Gasteiger partial charge in [-0.15, -0.1) is 0 Å². The molecule has 0 aliphatic carbocycles. The second-order valence-electron chi connectivity index (χ2n) is 4.22. The Hall–Kier alpha value is -1.50. The van der Waals surface area contributed by atoms with Crippen molar-refractivity contribution in [2.45, 2.75) is 20.0 Å². The van der Waals surface area contributed by atoms with E-state index in [1.54, 1.807) is 0 Å². The van der Waals surface area contributed by atoms with Gasteiger partial charge in [0.25, 0.3) is 0 Å². The molecule has 1 rings (SSSR count). The maximum absolute atomic E-state index is 11.8. The van der Waals surface area contributed by atoms with Crippen LogP contribution in [0, 0.1) is 0 Å². The maximum atomic E-state index is 11.8. The number of anilines is 1. The first-order valence-electron chi connectivity index (χ1n) is 6.24. The van der Waals surface area contributed by atoms with Gasteiger partial charge in [0.15, 0.2) is 0 Å². The molecule has 21 heavy (non-hydrogen) atoms. The summed E-state index contributed by atoms with van der Waals surface area (Å²) in [5, 5.41) is 14.3. The number of amides is 2. The summed E-state index contributed by atoms with van der Waals surface area (Å²) in [5.41, 5.74) is -0.185. The molecule has 1 atom stereocenters. The third-order valence-electron chi connectivity index (χ3n) is 2.53. The van der Waals surface area contributed by atoms with E-state index in [0.717, 1.165) is 0 Å². The van der Waals surface area contributed by atoms with Gasteiger partial charge in [-0.25, -0.2) is 9.59 Å². The predicted octanol–water partition coefficient (Wildman–Crippen LogP) is 3.24. The molecule has 0 aliphatic rings. The molecule has 0 saturated heterocycles. The van der Waals surface area contributed by atoms with Crippen molar-refractivity contribution in [3.8, 4) is 0 Å². The molecule has 0 radical (unpaired) electrons. The lowest BCUT2D eigenvalue weighted by molar-refractivity contribution is 0.0697. The number of halogens is 2. The summed E-state index contributed by atoms with van der Waals surface area (Å²) in [6.45, 7) is 4.48. The van der Waals surface area contributed by atoms with E-state index in [2.05, 4.69) is 10.6 Å². The van der Waals surface area contributed by atoms with Crippen molar-refractivity contribution in [3.05, 3.63) is 27.7 Å². The fourth-order valence-corrected chi connectivity index (χ4v) is 2.15. The molecule has 0 spiro atoms. The van der Waals surface area contributed by atoms with Gasteiger partial charge in [0.1, 0.15) is 0 Å². The molecular weight excluding hydrogens is 319 g/mol. The second-order valence-corrected chi connectivity index (χ2v) is 5.06. The van der Waals surface area contributed by atoms with Crippen molar-refractivity contribution in [1.82, 2.24) is 5.32 Å². The summed E-state index contributed by atoms with van der Waals surface area (Å²) < 4.78 is 5.26. The van der Waals surface area contributed by atoms with Crippen LogP contribution in [0.4, 0.5) is 10.5 Å². The van der Waals surface area contributed by atoms with Crippen LogP contribution >= 0.6 is 23.2 Å². The first-order chi connectivity index (χ1) is 9.85. The van der Waals surface area contributed by atoms with Crippen LogP contribution in [0.1, 0.15) is 24.2 Å². The number of nitrogens with one attached hydrogen (secondary N) is 2. The van der Waals surface area contributed by atoms with E-state index in [4.69, 9.17) is 33.0 Å². The topological polar surface area (TPSA) is 87.7 Å². The highest BCUT2D eigenvalue weighted by Gasteiger charge is 2.17. The Labute approximate surface area is 132 Å². The van der Waals surface area contributed by atoms with Crippen LogP contribution < -0.4 is 10.6 Å². The number of benzene rings is 1. The molecule has 2 amide bonds. The molecule has 1 unspecified atom stereocenters. The molecule has 116 valence electrons. The third kappa shape index (κ3) is 5.41. The lowest BCUT2D eigenvalue weighted by Crippen LogP contribution is -2.35. The Bertz CT molecular complexity index is 537. The lowest BCUT2D eigenvalue weighted by atomic mass is 10.2. The van der Waals surface area contributed by atoms with Crippen LogP contribution in [-0.4, -0.2) is 36.4 Å². The van der Waals surface area contributed by atoms with Gasteiger partial charge in [-0.2, -0.15) is 0 Å². The molecule has 0 fully saturated rings. The number of ether oxygens (including phenoxy) is 1. The summed E-state index contributed by atoms with van der Waals surface area (Å²) in [6, 6.07) is 2.00. The maximum Gasteiger partial charge on any atom is 0.337 e. The molecule has 0 aliphatic heterocycles. The first kappa shape index (κ1) is 17.6. The van der Waals surface area contributed by atoms with Crippen LogP contribution in [0.15, 0.2) is 12.1 Å². The number of carbonyl (C=O) groups excluding carboxylic acids is 1. The largest absolute Gasteiger partial charge is 0.478 e. The summed E-state index contributed by atoms with van der Waals surface area (Å²) in [6.07, 6.45) is -0.152. The van der Waals surface area contributed by atoms with Gasteiger partial charge in [-0.1, -0.05) is 23.2 Å². The minimum Gasteiger partial charge on any atom is -0.478 e. The molecule has 0 aromatic heterocycles. The standard InChI is InChI=1S/C13H16Cl2N2O4/c1-3-21-7(2)6-16-13(20)17-11-9(12(18)19)4-8(14)5-10(11)15/h4-5,7H,3,6H2,1-2H3,(H,18,19)(H2,16,17,20). The fraction of sp³-hybridized carbons (Fsp3) is 0.385. The highest BCUT2D eigenvalue weighted by molar-refractivity contribution is 6.37. The van der Waals surface area contributed by atoms with Crippen molar-refractivity contribution in [3.63, 3.8) is 0 Å². The van der Waals surface area contributed by atoms with Crippen molar-refractivity contribution in [1.29, 1.82) is 0 Å². The Kier molecular flexibility index (Phi) is 6.74. The molecule has 6 nitrogen and oxygen atoms in total. The number of hydrogen-bond acceptors (Lipinski definition) is 3. The average Bonchev–Trinajstić information content (AvgIpc) is 2.39. The Balaban J connectivity index is 2.78. The van der Waals surface area contributed by atoms with Gasteiger partial charge in [-0.3, -0.25) is 0 Å². The van der Waals surface area contributed by atoms with Gasteiger partial charge < -0.3 is 20.5 Å². The zero-order valence-electron chi connectivity index (χ0n) is 11.6. The van der Waals surface area contributed by atoms with Gasteiger partial charge in [-0.05, 0) is 26.0 Å². The smallest absolute Gasteiger partial charge is 0.337 e. The van der Waals surface area contributed by atoms with Gasteiger partial charge in [0.2, 0.25) is 0 Å². The summed E-state index contributed by atoms with van der Waals surface area (Å²) in [4.78, 5) is 22.9. The highest BCUT2D eigenvalue weighted by Crippen LogP contribution is 2.30. The fourth-order valence-electron chi connectivity index (χ4n) is 1.61. The summed E-state index contributed by atoms with van der Waals surface area (Å²) in [7, 11) is 0. The monoisotopic (exact) mass is 334 g/mol. The van der Waals surface area contributed by atoms with Crippen molar-refractivity contribution >= 4 is 40.9 Å². The van der Waals surface area contributed by atoms with Crippen LogP contribution in [-0.2, 0) is 4.74 Å². The number of urea groups is 1. The van der Waals surface area contributed by atoms with E-state index in [9.17, 15) is 9.59 Å². The van der Waals surface area contributed by atoms with Crippen LogP contribution in [0.2, 0.25) is 10.0 Å². The first-order valence-corrected chi connectivity index (χ1v) is 6.99. The molecule has 1 aromatic carbocycles. The molecule has 0 bridgehead atoms. The number of carbonyl (C=O) groups is 2. The number of carboxylic acid groups (broad SMARTS) is 1. The van der Waals surface area contributed by atoms with Crippen molar-refractivity contribution in [2.75, 3.05) is 18.5 Å². The lowest BCUT2D eigenvalue weighted by Gasteiger charge is -2.15. The number of rotatable bonds is 6. The SMILES string of the molecule is CCOC(C)CNC(=O)Nc1c(Cl)cc(Cl)cc1C(=O)O.